The molecule has 2 amide bonds. The van der Waals surface area contributed by atoms with Gasteiger partial charge in [0.15, 0.2) is 11.8 Å². The van der Waals surface area contributed by atoms with Gasteiger partial charge < -0.3 is 19.5 Å². The minimum absolute atomic E-state index is 0.0146. The van der Waals surface area contributed by atoms with Crippen molar-refractivity contribution in [3.8, 4) is 11.1 Å². The van der Waals surface area contributed by atoms with E-state index in [1.54, 1.807) is 17.0 Å². The molecule has 1 aliphatic rings. The molecule has 1 fully saturated rings. The maximum absolute atomic E-state index is 13.0. The maximum atomic E-state index is 13.0. The van der Waals surface area contributed by atoms with Gasteiger partial charge in [-0.2, -0.15) is 0 Å². The number of hydrogen-bond donors (Lipinski definition) is 2. The lowest BCUT2D eigenvalue weighted by molar-refractivity contribution is -0.917. The van der Waals surface area contributed by atoms with Crippen molar-refractivity contribution in [1.29, 1.82) is 0 Å². The third kappa shape index (κ3) is 4.28. The van der Waals surface area contributed by atoms with Crippen LogP contribution in [-0.2, 0) is 4.79 Å². The number of hydrogen-bond acceptors (Lipinski definition) is 3. The molecule has 0 saturated carbocycles. The van der Waals surface area contributed by atoms with E-state index in [0.29, 0.717) is 18.8 Å². The number of para-hydroxylation sites is 1. The summed E-state index contributed by atoms with van der Waals surface area (Å²) in [7, 11) is 0. The molecule has 154 valence electrons. The summed E-state index contributed by atoms with van der Waals surface area (Å²) >= 11 is 0. The number of rotatable bonds is 5. The molecule has 6 nitrogen and oxygen atoms in total. The van der Waals surface area contributed by atoms with E-state index in [1.807, 2.05) is 61.5 Å². The molecule has 0 aliphatic carbocycles. The second kappa shape index (κ2) is 8.97. The predicted molar refractivity (Wildman–Crippen MR) is 115 cm³/mol. The second-order valence-corrected chi connectivity index (χ2v) is 7.55. The zero-order valence-corrected chi connectivity index (χ0v) is 17.0. The van der Waals surface area contributed by atoms with Gasteiger partial charge in [0.2, 0.25) is 0 Å². The number of nitrogens with zero attached hydrogens (tertiary/aromatic N) is 1. The van der Waals surface area contributed by atoms with E-state index in [2.05, 4.69) is 5.32 Å². The van der Waals surface area contributed by atoms with Crippen molar-refractivity contribution in [2.45, 2.75) is 13.0 Å². The van der Waals surface area contributed by atoms with Gasteiger partial charge >= 0.3 is 0 Å². The van der Waals surface area contributed by atoms with Crippen LogP contribution in [0.1, 0.15) is 17.5 Å². The van der Waals surface area contributed by atoms with Gasteiger partial charge in [-0.3, -0.25) is 9.59 Å². The van der Waals surface area contributed by atoms with Crippen molar-refractivity contribution in [1.82, 2.24) is 4.90 Å². The average molecular weight is 404 g/mol. The highest BCUT2D eigenvalue weighted by Crippen LogP contribution is 2.27. The van der Waals surface area contributed by atoms with E-state index < -0.39 is 0 Å². The summed E-state index contributed by atoms with van der Waals surface area (Å²) < 4.78 is 5.21. The molecule has 0 radical (unpaired) electrons. The zero-order valence-electron chi connectivity index (χ0n) is 17.0. The summed E-state index contributed by atoms with van der Waals surface area (Å²) in [6, 6.07) is 21.1. The van der Waals surface area contributed by atoms with Gasteiger partial charge in [-0.25, -0.2) is 0 Å². The molecule has 6 heteroatoms. The van der Waals surface area contributed by atoms with Crippen LogP contribution in [0.4, 0.5) is 5.69 Å². The van der Waals surface area contributed by atoms with Crippen LogP contribution in [-0.4, -0.2) is 48.9 Å². The fraction of sp³-hybridized carbons (Fsp3) is 0.250. The summed E-state index contributed by atoms with van der Waals surface area (Å²) in [4.78, 5) is 28.4. The Balaban J connectivity index is 1.38. The molecule has 4 rings (SSSR count). The minimum Gasteiger partial charge on any atom is -0.459 e. The molecule has 2 heterocycles. The number of furan rings is 1. The van der Waals surface area contributed by atoms with Gasteiger partial charge in [-0.1, -0.05) is 48.5 Å². The lowest BCUT2D eigenvalue weighted by Gasteiger charge is -2.34. The van der Waals surface area contributed by atoms with Crippen molar-refractivity contribution in [2.24, 2.45) is 0 Å². The van der Waals surface area contributed by atoms with Crippen LogP contribution in [0.2, 0.25) is 0 Å². The Morgan fingerprint density at radius 1 is 0.967 bits per heavy atom. The molecule has 2 aromatic carbocycles. The Kier molecular flexibility index (Phi) is 5.95. The van der Waals surface area contributed by atoms with Crippen LogP contribution in [0.15, 0.2) is 77.4 Å². The minimum atomic E-state index is -0.213. The lowest BCUT2D eigenvalue weighted by atomic mass is 10.0. The standard InChI is InChI=1S/C24H25N3O3/c1-18(26-13-15-27(16-14-26)24(29)22-12-7-17-30-22)23(28)25-21-11-6-5-10-20(21)19-8-3-2-4-9-19/h2-12,17-18H,13-16H2,1H3,(H,25,28)/p+1/t18-/m1/s1. The normalized spacial score (nSPS) is 15.6. The van der Waals surface area contributed by atoms with E-state index in [9.17, 15) is 9.59 Å². The molecule has 30 heavy (non-hydrogen) atoms. The fourth-order valence-electron chi connectivity index (χ4n) is 3.87. The Labute approximate surface area is 176 Å². The number of carbonyl (C=O) groups excluding carboxylic acids is 2. The summed E-state index contributed by atoms with van der Waals surface area (Å²) in [6.45, 7) is 4.60. The van der Waals surface area contributed by atoms with Crippen LogP contribution in [0.5, 0.6) is 0 Å². The number of anilines is 1. The van der Waals surface area contributed by atoms with Crippen molar-refractivity contribution < 1.29 is 18.9 Å². The monoisotopic (exact) mass is 404 g/mol. The fourth-order valence-corrected chi connectivity index (χ4v) is 3.87. The third-order valence-electron chi connectivity index (χ3n) is 5.70. The van der Waals surface area contributed by atoms with Crippen molar-refractivity contribution in [2.75, 3.05) is 31.5 Å². The molecule has 1 atom stereocenters. The number of benzene rings is 2. The lowest BCUT2D eigenvalue weighted by Crippen LogP contribution is -3.19. The van der Waals surface area contributed by atoms with Crippen LogP contribution >= 0.6 is 0 Å². The smallest absolute Gasteiger partial charge is 0.289 e. The van der Waals surface area contributed by atoms with E-state index in [1.165, 1.54) is 11.2 Å². The van der Waals surface area contributed by atoms with Crippen LogP contribution in [0.3, 0.4) is 0 Å². The molecule has 2 N–H and O–H groups in total. The largest absolute Gasteiger partial charge is 0.459 e. The first-order valence-electron chi connectivity index (χ1n) is 10.3. The molecular formula is C24H26N3O3+. The second-order valence-electron chi connectivity index (χ2n) is 7.55. The van der Waals surface area contributed by atoms with Crippen LogP contribution < -0.4 is 10.2 Å². The van der Waals surface area contributed by atoms with Gasteiger partial charge in [0.05, 0.1) is 32.4 Å². The highest BCUT2D eigenvalue weighted by atomic mass is 16.3. The Bertz CT molecular complexity index is 994. The summed E-state index contributed by atoms with van der Waals surface area (Å²) in [5, 5.41) is 3.11. The molecular weight excluding hydrogens is 378 g/mol. The molecule has 1 aliphatic heterocycles. The maximum Gasteiger partial charge on any atom is 0.289 e. The summed E-state index contributed by atoms with van der Waals surface area (Å²) in [5.41, 5.74) is 2.88. The van der Waals surface area contributed by atoms with Gasteiger partial charge in [0, 0.05) is 11.3 Å². The number of quaternary nitrogens is 1. The molecule has 0 bridgehead atoms. The van der Waals surface area contributed by atoms with Crippen molar-refractivity contribution >= 4 is 17.5 Å². The van der Waals surface area contributed by atoms with Crippen LogP contribution in [0, 0.1) is 0 Å². The Hall–Kier alpha value is -3.38. The highest BCUT2D eigenvalue weighted by molar-refractivity contribution is 5.97. The number of piperazine rings is 1. The van der Waals surface area contributed by atoms with E-state index in [4.69, 9.17) is 4.42 Å². The molecule has 1 aromatic heterocycles. The third-order valence-corrected chi connectivity index (χ3v) is 5.70. The average Bonchev–Trinajstić information content (AvgIpc) is 3.34. The van der Waals surface area contributed by atoms with E-state index in [-0.39, 0.29) is 17.9 Å². The Morgan fingerprint density at radius 2 is 1.67 bits per heavy atom. The van der Waals surface area contributed by atoms with Gasteiger partial charge in [-0.05, 0) is 30.7 Å². The summed E-state index contributed by atoms with van der Waals surface area (Å²) in [5.74, 6) is 0.258. The van der Waals surface area contributed by atoms with Gasteiger partial charge in [-0.15, -0.1) is 0 Å². The van der Waals surface area contributed by atoms with Crippen LogP contribution in [0.25, 0.3) is 11.1 Å². The van der Waals surface area contributed by atoms with Gasteiger partial charge in [0.25, 0.3) is 11.8 Å². The number of nitrogens with one attached hydrogen (secondary N) is 2. The number of amides is 2. The van der Waals surface area contributed by atoms with E-state index in [0.717, 1.165) is 29.9 Å². The van der Waals surface area contributed by atoms with Gasteiger partial charge in [0.1, 0.15) is 0 Å². The van der Waals surface area contributed by atoms with E-state index >= 15 is 0 Å². The molecule has 0 spiro atoms. The first-order valence-corrected chi connectivity index (χ1v) is 10.3. The summed E-state index contributed by atoms with van der Waals surface area (Å²) in [6.07, 6.45) is 1.51. The highest BCUT2D eigenvalue weighted by Gasteiger charge is 2.32. The first kappa shape index (κ1) is 19.9. The quantitative estimate of drug-likeness (QED) is 0.686. The van der Waals surface area contributed by atoms with Crippen molar-refractivity contribution in [3.05, 3.63) is 78.8 Å². The zero-order chi connectivity index (χ0) is 20.9. The predicted octanol–water partition coefficient (Wildman–Crippen LogP) is 2.31. The topological polar surface area (TPSA) is 67.0 Å². The first-order chi connectivity index (χ1) is 14.6. The Morgan fingerprint density at radius 3 is 2.37 bits per heavy atom. The molecule has 3 aromatic rings. The van der Waals surface area contributed by atoms with Crippen molar-refractivity contribution in [3.63, 3.8) is 0 Å². The SMILES string of the molecule is C[C@H](C(=O)Nc1ccccc1-c1ccccc1)[NH+]1CCN(C(=O)c2ccco2)CC1. The number of carbonyl (C=O) groups is 2. The molecule has 0 unspecified atom stereocenters. The molecule has 1 saturated heterocycles.